The number of rotatable bonds is 5. The highest BCUT2D eigenvalue weighted by Crippen LogP contribution is 2.26. The molecule has 1 aromatic carbocycles. The smallest absolute Gasteiger partial charge is 0.290 e. The number of para-hydroxylation sites is 1. The van der Waals surface area contributed by atoms with E-state index in [-0.39, 0.29) is 11.9 Å². The minimum atomic E-state index is -0.0786. The van der Waals surface area contributed by atoms with Crippen molar-refractivity contribution in [3.63, 3.8) is 0 Å². The second-order valence-electron chi connectivity index (χ2n) is 6.24. The number of aromatic nitrogens is 2. The molecule has 0 N–H and O–H groups in total. The highest BCUT2D eigenvalue weighted by Gasteiger charge is 2.30. The second kappa shape index (κ2) is 6.72. The van der Waals surface area contributed by atoms with Gasteiger partial charge in [-0.25, -0.2) is 0 Å². The van der Waals surface area contributed by atoms with Crippen LogP contribution in [-0.4, -0.2) is 40.3 Å². The van der Waals surface area contributed by atoms with E-state index in [1.807, 2.05) is 52.9 Å². The maximum Gasteiger partial charge on any atom is 0.290 e. The Morgan fingerprint density at radius 2 is 2.24 bits per heavy atom. The van der Waals surface area contributed by atoms with E-state index >= 15 is 0 Å². The normalized spacial score (nSPS) is 17.0. The molecular weight excluding hydrogens is 318 g/mol. The van der Waals surface area contributed by atoms with Crippen LogP contribution in [0.15, 0.2) is 47.0 Å². The van der Waals surface area contributed by atoms with Crippen molar-refractivity contribution in [2.75, 3.05) is 19.8 Å². The summed E-state index contributed by atoms with van der Waals surface area (Å²) in [7, 11) is 0. The molecule has 2 aromatic heterocycles. The molecular formula is C19H21N3O3. The second-order valence-corrected chi connectivity index (χ2v) is 6.24. The maximum atomic E-state index is 12.9. The number of ether oxygens (including phenoxy) is 1. The summed E-state index contributed by atoms with van der Waals surface area (Å²) in [6.07, 6.45) is 2.62. The Morgan fingerprint density at radius 1 is 1.36 bits per heavy atom. The van der Waals surface area contributed by atoms with Crippen molar-refractivity contribution in [2.45, 2.75) is 25.9 Å². The van der Waals surface area contributed by atoms with E-state index in [0.29, 0.717) is 32.1 Å². The quantitative estimate of drug-likeness (QED) is 0.670. The van der Waals surface area contributed by atoms with Gasteiger partial charge in [-0.05, 0) is 31.5 Å². The lowest BCUT2D eigenvalue weighted by atomic mass is 10.1. The van der Waals surface area contributed by atoms with Gasteiger partial charge in [-0.2, -0.15) is 5.10 Å². The van der Waals surface area contributed by atoms with E-state index in [0.717, 1.165) is 23.1 Å². The van der Waals surface area contributed by atoms with Crippen molar-refractivity contribution < 1.29 is 13.9 Å². The fourth-order valence-corrected chi connectivity index (χ4v) is 3.36. The van der Waals surface area contributed by atoms with Gasteiger partial charge in [0.25, 0.3) is 5.91 Å². The van der Waals surface area contributed by atoms with Gasteiger partial charge in [0, 0.05) is 31.3 Å². The van der Waals surface area contributed by atoms with Crippen LogP contribution in [0.4, 0.5) is 0 Å². The summed E-state index contributed by atoms with van der Waals surface area (Å²) in [5.41, 5.74) is 1.78. The van der Waals surface area contributed by atoms with Crippen molar-refractivity contribution in [1.29, 1.82) is 0 Å². The maximum absolute atomic E-state index is 12.9. The van der Waals surface area contributed by atoms with Crippen LogP contribution in [0.1, 0.15) is 35.6 Å². The third-order valence-corrected chi connectivity index (χ3v) is 4.61. The van der Waals surface area contributed by atoms with Crippen molar-refractivity contribution in [3.05, 3.63) is 54.0 Å². The summed E-state index contributed by atoms with van der Waals surface area (Å²) in [5.74, 6) is 0.308. The van der Waals surface area contributed by atoms with Crippen LogP contribution in [0.2, 0.25) is 0 Å². The lowest BCUT2D eigenvalue weighted by Crippen LogP contribution is -2.41. The molecule has 3 heterocycles. The predicted octanol–water partition coefficient (Wildman–Crippen LogP) is 3.25. The van der Waals surface area contributed by atoms with Gasteiger partial charge >= 0.3 is 0 Å². The first-order chi connectivity index (χ1) is 12.3. The first kappa shape index (κ1) is 15.9. The van der Waals surface area contributed by atoms with Crippen molar-refractivity contribution in [1.82, 2.24) is 14.7 Å². The van der Waals surface area contributed by atoms with Gasteiger partial charge in [0.1, 0.15) is 5.58 Å². The molecule has 6 heteroatoms. The van der Waals surface area contributed by atoms with Gasteiger partial charge in [-0.15, -0.1) is 0 Å². The summed E-state index contributed by atoms with van der Waals surface area (Å²) in [6, 6.07) is 11.6. The number of hydrogen-bond acceptors (Lipinski definition) is 4. The number of nitrogens with zero attached hydrogens (tertiary/aromatic N) is 3. The van der Waals surface area contributed by atoms with Gasteiger partial charge in [-0.3, -0.25) is 9.48 Å². The summed E-state index contributed by atoms with van der Waals surface area (Å²) in [5, 5.41) is 5.36. The van der Waals surface area contributed by atoms with E-state index in [9.17, 15) is 4.79 Å². The number of fused-ring (bicyclic) bond motifs is 2. The number of carbonyl (C=O) groups excluding carboxylic acids is 1. The van der Waals surface area contributed by atoms with E-state index < -0.39 is 0 Å². The summed E-state index contributed by atoms with van der Waals surface area (Å²) in [4.78, 5) is 14.8. The molecule has 3 aromatic rings. The van der Waals surface area contributed by atoms with E-state index in [2.05, 4.69) is 5.10 Å². The largest absolute Gasteiger partial charge is 0.451 e. The minimum absolute atomic E-state index is 0.0786. The van der Waals surface area contributed by atoms with Crippen LogP contribution in [-0.2, 0) is 11.3 Å². The summed E-state index contributed by atoms with van der Waals surface area (Å²) >= 11 is 0. The fraction of sp³-hybridized carbons (Fsp3) is 0.368. The third-order valence-electron chi connectivity index (χ3n) is 4.61. The molecule has 0 aliphatic carbocycles. The first-order valence-corrected chi connectivity index (χ1v) is 8.64. The number of amides is 1. The summed E-state index contributed by atoms with van der Waals surface area (Å²) in [6.45, 7) is 4.49. The molecule has 0 radical (unpaired) electrons. The van der Waals surface area contributed by atoms with Crippen LogP contribution in [0.5, 0.6) is 0 Å². The Morgan fingerprint density at radius 3 is 3.08 bits per heavy atom. The van der Waals surface area contributed by atoms with E-state index in [1.54, 1.807) is 6.20 Å². The van der Waals surface area contributed by atoms with Crippen LogP contribution < -0.4 is 0 Å². The monoisotopic (exact) mass is 339 g/mol. The zero-order valence-electron chi connectivity index (χ0n) is 14.2. The molecule has 0 saturated heterocycles. The molecule has 130 valence electrons. The molecule has 0 unspecified atom stereocenters. The van der Waals surface area contributed by atoms with E-state index in [1.165, 1.54) is 0 Å². The Hall–Kier alpha value is -2.60. The number of furan rings is 1. The molecule has 25 heavy (non-hydrogen) atoms. The van der Waals surface area contributed by atoms with Crippen LogP contribution in [0, 0.1) is 0 Å². The average molecular weight is 339 g/mol. The van der Waals surface area contributed by atoms with E-state index in [4.69, 9.17) is 9.15 Å². The topological polar surface area (TPSA) is 60.5 Å². The zero-order chi connectivity index (χ0) is 17.2. The molecule has 4 rings (SSSR count). The highest BCUT2D eigenvalue weighted by atomic mass is 16.5. The SMILES string of the molecule is CCOCC[C@@H]1CN(C(=O)c2cc3ccccc3o2)Cc2ccnn21. The number of carbonyl (C=O) groups is 1. The first-order valence-electron chi connectivity index (χ1n) is 8.64. The predicted molar refractivity (Wildman–Crippen MR) is 93.3 cm³/mol. The number of hydrogen-bond donors (Lipinski definition) is 0. The van der Waals surface area contributed by atoms with Gasteiger partial charge in [0.15, 0.2) is 5.76 Å². The average Bonchev–Trinajstić information content (AvgIpc) is 3.27. The van der Waals surface area contributed by atoms with Crippen molar-refractivity contribution in [2.24, 2.45) is 0 Å². The van der Waals surface area contributed by atoms with Crippen LogP contribution in [0.25, 0.3) is 11.0 Å². The van der Waals surface area contributed by atoms with Gasteiger partial charge in [0.05, 0.1) is 18.3 Å². The Kier molecular flexibility index (Phi) is 4.28. The van der Waals surface area contributed by atoms with Crippen LogP contribution in [0.3, 0.4) is 0 Å². The summed E-state index contributed by atoms with van der Waals surface area (Å²) < 4.78 is 13.2. The minimum Gasteiger partial charge on any atom is -0.451 e. The molecule has 1 aliphatic heterocycles. The molecule has 0 fully saturated rings. The molecule has 1 aliphatic rings. The molecule has 0 spiro atoms. The number of benzene rings is 1. The van der Waals surface area contributed by atoms with Crippen molar-refractivity contribution in [3.8, 4) is 0 Å². The van der Waals surface area contributed by atoms with Gasteiger partial charge < -0.3 is 14.1 Å². The third kappa shape index (κ3) is 3.05. The Labute approximate surface area is 146 Å². The van der Waals surface area contributed by atoms with Crippen molar-refractivity contribution >= 4 is 16.9 Å². The Bertz CT molecular complexity index is 850. The molecule has 0 saturated carbocycles. The standard InChI is InChI=1S/C19H21N3O3/c1-2-24-10-8-16-13-21(12-15-7-9-20-22(15)16)19(23)18-11-14-5-3-4-6-17(14)25-18/h3-7,9,11,16H,2,8,10,12-13H2,1H3/t16-/m1/s1. The Balaban J connectivity index is 1.56. The lowest BCUT2D eigenvalue weighted by molar-refractivity contribution is 0.0597. The fourth-order valence-electron chi connectivity index (χ4n) is 3.36. The molecule has 1 atom stereocenters. The van der Waals surface area contributed by atoms with Gasteiger partial charge in [0.2, 0.25) is 0 Å². The van der Waals surface area contributed by atoms with Crippen LogP contribution >= 0.6 is 0 Å². The lowest BCUT2D eigenvalue weighted by Gasteiger charge is -2.33. The van der Waals surface area contributed by atoms with Gasteiger partial charge in [-0.1, -0.05) is 18.2 Å². The molecule has 1 amide bonds. The molecule has 6 nitrogen and oxygen atoms in total. The molecule has 0 bridgehead atoms. The zero-order valence-corrected chi connectivity index (χ0v) is 14.2. The highest BCUT2D eigenvalue weighted by molar-refractivity contribution is 5.96.